The van der Waals surface area contributed by atoms with Gasteiger partial charge >= 0.3 is 23.9 Å². The van der Waals surface area contributed by atoms with Crippen LogP contribution in [-0.2, 0) is 45.2 Å². The predicted molar refractivity (Wildman–Crippen MR) is 126 cm³/mol. The van der Waals surface area contributed by atoms with Crippen LogP contribution in [0.5, 0.6) is 11.5 Å². The molecule has 5 rings (SSSR count). The van der Waals surface area contributed by atoms with Gasteiger partial charge in [-0.1, -0.05) is 6.07 Å². The Labute approximate surface area is 218 Å². The Morgan fingerprint density at radius 3 is 2.45 bits per heavy atom. The average molecular weight is 532 g/mol. The number of methoxy groups -OCH3 is 1. The van der Waals surface area contributed by atoms with Crippen molar-refractivity contribution in [1.29, 1.82) is 0 Å². The number of hydrogen-bond donors (Lipinski definition) is 2. The molecule has 2 aliphatic carbocycles. The molecule has 1 aromatic carbocycles. The van der Waals surface area contributed by atoms with Crippen molar-refractivity contribution in [3.05, 3.63) is 35.1 Å². The first kappa shape index (κ1) is 26.0. The number of hydrogen-bond acceptors (Lipinski definition) is 11. The third-order valence-electron chi connectivity index (χ3n) is 8.11. The quantitative estimate of drug-likeness (QED) is 0.371. The maximum Gasteiger partial charge on any atom is 0.357 e. The lowest BCUT2D eigenvalue weighted by molar-refractivity contribution is -0.190. The molecule has 2 heterocycles. The third-order valence-corrected chi connectivity index (χ3v) is 8.11. The number of rotatable bonds is 7. The fourth-order valence-electron chi connectivity index (χ4n) is 6.59. The maximum atomic E-state index is 13.3. The normalized spacial score (nSPS) is 30.1. The van der Waals surface area contributed by atoms with Gasteiger partial charge in [0.15, 0.2) is 17.6 Å². The van der Waals surface area contributed by atoms with Crippen molar-refractivity contribution in [2.45, 2.75) is 68.5 Å². The molecular formula is C26H29NO11. The fraction of sp³-hybridized carbons (Fsp3) is 0.538. The van der Waals surface area contributed by atoms with Crippen LogP contribution in [0.15, 0.2) is 24.0 Å². The van der Waals surface area contributed by atoms with E-state index in [-0.39, 0.29) is 18.2 Å². The summed E-state index contributed by atoms with van der Waals surface area (Å²) in [5, 5.41) is 21.8. The maximum absolute atomic E-state index is 13.3. The van der Waals surface area contributed by atoms with Gasteiger partial charge in [0.1, 0.15) is 5.76 Å². The first-order valence-electron chi connectivity index (χ1n) is 12.2. The van der Waals surface area contributed by atoms with E-state index in [9.17, 15) is 29.4 Å². The number of benzene rings is 1. The second-order valence-electron chi connectivity index (χ2n) is 10.1. The number of piperidine rings is 1. The van der Waals surface area contributed by atoms with Gasteiger partial charge < -0.3 is 38.8 Å². The second-order valence-corrected chi connectivity index (χ2v) is 10.1. The number of nitrogens with zero attached hydrogens (tertiary/aromatic N) is 1. The van der Waals surface area contributed by atoms with Crippen molar-refractivity contribution in [3.63, 3.8) is 0 Å². The van der Waals surface area contributed by atoms with Crippen molar-refractivity contribution in [2.24, 2.45) is 0 Å². The molecule has 0 saturated carbocycles. The molecule has 2 bridgehead atoms. The van der Waals surface area contributed by atoms with Crippen LogP contribution in [0.1, 0.15) is 37.8 Å². The molecule has 1 spiro atoms. The van der Waals surface area contributed by atoms with Gasteiger partial charge in [-0.15, -0.1) is 0 Å². The van der Waals surface area contributed by atoms with Gasteiger partial charge in [0, 0.05) is 31.9 Å². The number of carboxylic acids is 1. The van der Waals surface area contributed by atoms with Crippen LogP contribution in [0.4, 0.5) is 0 Å². The lowest BCUT2D eigenvalue weighted by Crippen LogP contribution is -2.74. The van der Waals surface area contributed by atoms with Crippen LogP contribution in [0.3, 0.4) is 0 Å². The number of esters is 3. The zero-order valence-corrected chi connectivity index (χ0v) is 21.4. The Morgan fingerprint density at radius 1 is 1.13 bits per heavy atom. The molecule has 0 radical (unpaired) electrons. The van der Waals surface area contributed by atoms with Gasteiger partial charge in [-0.05, 0) is 44.1 Å². The SMILES string of the molecule is COc1ccc2c3c1OC1C(OC(=O)[C@@H](OC(C)=O)[C@H](OC(C)=O)C(=O)O)=CC[C@@]4(O)[C@@H](C2)N(C)CCC314. The van der Waals surface area contributed by atoms with E-state index in [1.54, 1.807) is 12.1 Å². The molecule has 4 aliphatic rings. The standard InChI is InChI=1S/C26H29NO11/c1-12(28)35-20(23(30)31)21(36-13(2)29)24(32)37-16-7-8-26(33)17-11-14-5-6-15(34-4)19-18(14)25(26,22(16)38-19)9-10-27(17)3/h5-7,17,20-22,33H,8-11H2,1-4H3,(H,30,31)/t17-,20+,21+,22?,25?,26-/m1/s1. The minimum atomic E-state index is -2.13. The summed E-state index contributed by atoms with van der Waals surface area (Å²) < 4.78 is 27.3. The van der Waals surface area contributed by atoms with Crippen LogP contribution in [0, 0.1) is 0 Å². The van der Waals surface area contributed by atoms with E-state index in [1.807, 2.05) is 13.1 Å². The highest BCUT2D eigenvalue weighted by Crippen LogP contribution is 2.65. The number of aliphatic carboxylic acids is 1. The molecule has 0 amide bonds. The van der Waals surface area contributed by atoms with Crippen LogP contribution >= 0.6 is 0 Å². The van der Waals surface area contributed by atoms with Gasteiger partial charge in [-0.2, -0.15) is 0 Å². The smallest absolute Gasteiger partial charge is 0.357 e. The molecule has 12 heteroatoms. The van der Waals surface area contributed by atoms with Crippen molar-refractivity contribution in [2.75, 3.05) is 20.7 Å². The van der Waals surface area contributed by atoms with Gasteiger partial charge in [0.25, 0.3) is 0 Å². The van der Waals surface area contributed by atoms with Crippen molar-refractivity contribution in [1.82, 2.24) is 4.90 Å². The fourth-order valence-corrected chi connectivity index (χ4v) is 6.59. The highest BCUT2D eigenvalue weighted by Gasteiger charge is 2.72. The number of likely N-dealkylation sites (N-methyl/N-ethyl adjacent to an activating group) is 1. The molecule has 1 fully saturated rings. The molecule has 204 valence electrons. The van der Waals surface area contributed by atoms with E-state index in [4.69, 9.17) is 23.7 Å². The van der Waals surface area contributed by atoms with Gasteiger partial charge in [-0.3, -0.25) is 9.59 Å². The largest absolute Gasteiger partial charge is 0.493 e. The highest BCUT2D eigenvalue weighted by atomic mass is 16.6. The zero-order valence-electron chi connectivity index (χ0n) is 21.4. The summed E-state index contributed by atoms with van der Waals surface area (Å²) in [6.07, 6.45) is -2.38. The molecule has 2 aliphatic heterocycles. The van der Waals surface area contributed by atoms with Crippen LogP contribution in [0.2, 0.25) is 0 Å². The number of carbonyl (C=O) groups is 4. The molecule has 6 atom stereocenters. The van der Waals surface area contributed by atoms with Crippen LogP contribution < -0.4 is 9.47 Å². The van der Waals surface area contributed by atoms with Crippen LogP contribution in [0.25, 0.3) is 0 Å². The summed E-state index contributed by atoms with van der Waals surface area (Å²) in [5.74, 6) is -3.94. The highest BCUT2D eigenvalue weighted by molar-refractivity contribution is 5.88. The molecule has 2 N–H and O–H groups in total. The summed E-state index contributed by atoms with van der Waals surface area (Å²) in [6.45, 7) is 2.59. The van der Waals surface area contributed by atoms with Gasteiger partial charge in [0.2, 0.25) is 12.2 Å². The summed E-state index contributed by atoms with van der Waals surface area (Å²) in [4.78, 5) is 50.4. The number of carboxylic acid groups (broad SMARTS) is 1. The molecule has 1 aromatic rings. The Kier molecular flexibility index (Phi) is 6.14. The van der Waals surface area contributed by atoms with Gasteiger partial charge in [0.05, 0.1) is 18.1 Å². The first-order valence-corrected chi connectivity index (χ1v) is 12.2. The summed E-state index contributed by atoms with van der Waals surface area (Å²) in [5.41, 5.74) is -0.404. The third kappa shape index (κ3) is 3.57. The first-order chi connectivity index (χ1) is 17.9. The molecular weight excluding hydrogens is 502 g/mol. The van der Waals surface area contributed by atoms with Gasteiger partial charge in [-0.25, -0.2) is 9.59 Å². The summed E-state index contributed by atoms with van der Waals surface area (Å²) >= 11 is 0. The average Bonchev–Trinajstić information content (AvgIpc) is 3.20. The second kappa shape index (κ2) is 8.98. The zero-order chi connectivity index (χ0) is 27.6. The predicted octanol–water partition coefficient (Wildman–Crippen LogP) is 0.464. The minimum Gasteiger partial charge on any atom is -0.493 e. The van der Waals surface area contributed by atoms with Crippen LogP contribution in [-0.4, -0.2) is 89.6 Å². The van der Waals surface area contributed by atoms with Crippen molar-refractivity contribution >= 4 is 23.9 Å². The lowest BCUT2D eigenvalue weighted by Gasteiger charge is -2.61. The number of ether oxygens (including phenoxy) is 5. The van der Waals surface area contributed by atoms with Crippen molar-refractivity contribution < 1.29 is 53.1 Å². The summed E-state index contributed by atoms with van der Waals surface area (Å²) in [7, 11) is 3.47. The van der Waals surface area contributed by atoms with E-state index in [1.165, 1.54) is 7.11 Å². The number of carbonyl (C=O) groups excluding carboxylic acids is 3. The Hall–Kier alpha value is -3.64. The molecule has 1 saturated heterocycles. The minimum absolute atomic E-state index is 0.0400. The molecule has 12 nitrogen and oxygen atoms in total. The lowest BCUT2D eigenvalue weighted by atomic mass is 9.50. The number of aliphatic hydroxyl groups is 1. The van der Waals surface area contributed by atoms with E-state index in [2.05, 4.69) is 4.90 Å². The molecule has 0 aromatic heterocycles. The monoisotopic (exact) mass is 531 g/mol. The molecule has 2 unspecified atom stereocenters. The van der Waals surface area contributed by atoms with E-state index in [0.717, 1.165) is 25.0 Å². The van der Waals surface area contributed by atoms with Crippen molar-refractivity contribution in [3.8, 4) is 11.5 Å². The van der Waals surface area contributed by atoms with E-state index >= 15 is 0 Å². The Balaban J connectivity index is 1.56. The van der Waals surface area contributed by atoms with E-state index in [0.29, 0.717) is 30.9 Å². The Morgan fingerprint density at radius 2 is 1.82 bits per heavy atom. The topological polar surface area (TPSA) is 158 Å². The summed E-state index contributed by atoms with van der Waals surface area (Å²) in [6, 6.07) is 3.52. The van der Waals surface area contributed by atoms with E-state index < -0.39 is 53.2 Å². The number of likely N-dealkylation sites (tertiary alicyclic amines) is 1. The Bertz CT molecular complexity index is 1260. The molecule has 38 heavy (non-hydrogen) atoms.